The molecule has 6 heteroatoms. The van der Waals surface area contributed by atoms with Gasteiger partial charge < -0.3 is 18.9 Å². The van der Waals surface area contributed by atoms with E-state index in [-0.39, 0.29) is 0 Å². The maximum Gasteiger partial charge on any atom is 0.330 e. The van der Waals surface area contributed by atoms with Gasteiger partial charge in [-0.05, 0) is 79.2 Å². The van der Waals surface area contributed by atoms with Crippen molar-refractivity contribution in [3.05, 3.63) is 120 Å². The zero-order valence-corrected chi connectivity index (χ0v) is 23.1. The first kappa shape index (κ1) is 30.3. The van der Waals surface area contributed by atoms with Crippen molar-refractivity contribution in [3.63, 3.8) is 0 Å². The Morgan fingerprint density at radius 3 is 1.54 bits per heavy atom. The van der Waals surface area contributed by atoms with E-state index in [1.807, 2.05) is 73.7 Å². The Balaban J connectivity index is 1.47. The lowest BCUT2D eigenvalue weighted by atomic mass is 10.0. The number of esters is 2. The molecule has 208 valence electrons. The van der Waals surface area contributed by atoms with Crippen molar-refractivity contribution in [2.75, 3.05) is 26.4 Å². The maximum atomic E-state index is 11.0. The standard InChI is InChI=1S/C35H32O6/c1-4-34(36)40-24-6-22-38-32-18-12-28(13-19-32)8-9-30-11-17-31(27(3)26-30)16-10-29-14-20-33(21-15-29)39-23-7-25-41-35(37)5-2/h4-5,11-15,17-21,26H,1-2,6-7,22-25H2,3H3. The molecule has 0 unspecified atom stereocenters. The molecule has 0 aliphatic rings. The molecule has 0 bridgehead atoms. The zero-order valence-electron chi connectivity index (χ0n) is 23.1. The van der Waals surface area contributed by atoms with Crippen LogP contribution in [0.3, 0.4) is 0 Å². The van der Waals surface area contributed by atoms with Crippen LogP contribution in [0.25, 0.3) is 0 Å². The summed E-state index contributed by atoms with van der Waals surface area (Å²) < 4.78 is 21.2. The first-order chi connectivity index (χ1) is 20.0. The van der Waals surface area contributed by atoms with Crippen molar-refractivity contribution in [3.8, 4) is 35.2 Å². The van der Waals surface area contributed by atoms with Crippen molar-refractivity contribution in [1.29, 1.82) is 0 Å². The zero-order chi connectivity index (χ0) is 29.3. The van der Waals surface area contributed by atoms with Crippen LogP contribution in [0, 0.1) is 30.6 Å². The first-order valence-corrected chi connectivity index (χ1v) is 13.2. The number of ether oxygens (including phenoxy) is 4. The molecule has 0 aromatic heterocycles. The van der Waals surface area contributed by atoms with Crippen LogP contribution >= 0.6 is 0 Å². The van der Waals surface area contributed by atoms with E-state index >= 15 is 0 Å². The molecule has 0 saturated heterocycles. The number of carbonyl (C=O) groups is 2. The van der Waals surface area contributed by atoms with Crippen LogP contribution in [0.1, 0.15) is 40.7 Å². The lowest BCUT2D eigenvalue weighted by molar-refractivity contribution is -0.138. The molecule has 3 aromatic carbocycles. The minimum atomic E-state index is -0.431. The summed E-state index contributed by atoms with van der Waals surface area (Å²) in [5.41, 5.74) is 4.64. The molecule has 3 rings (SSSR count). The van der Waals surface area contributed by atoms with Crippen molar-refractivity contribution >= 4 is 11.9 Å². The summed E-state index contributed by atoms with van der Waals surface area (Å²) in [5.74, 6) is 13.4. The number of benzene rings is 3. The van der Waals surface area contributed by atoms with E-state index in [1.54, 1.807) is 0 Å². The molecule has 41 heavy (non-hydrogen) atoms. The smallest absolute Gasteiger partial charge is 0.330 e. The average molecular weight is 549 g/mol. The predicted molar refractivity (Wildman–Crippen MR) is 159 cm³/mol. The van der Waals surface area contributed by atoms with Crippen molar-refractivity contribution in [2.24, 2.45) is 0 Å². The summed E-state index contributed by atoms with van der Waals surface area (Å²) in [5, 5.41) is 0. The third-order valence-corrected chi connectivity index (χ3v) is 5.56. The highest BCUT2D eigenvalue weighted by molar-refractivity contribution is 5.81. The molecule has 0 spiro atoms. The largest absolute Gasteiger partial charge is 0.493 e. The van der Waals surface area contributed by atoms with Gasteiger partial charge in [-0.3, -0.25) is 0 Å². The van der Waals surface area contributed by atoms with E-state index in [4.69, 9.17) is 18.9 Å². The van der Waals surface area contributed by atoms with Gasteiger partial charge in [-0.1, -0.05) is 36.8 Å². The van der Waals surface area contributed by atoms with Crippen LogP contribution in [0.2, 0.25) is 0 Å². The Morgan fingerprint density at radius 1 is 0.634 bits per heavy atom. The third kappa shape index (κ3) is 11.2. The normalized spacial score (nSPS) is 9.68. The summed E-state index contributed by atoms with van der Waals surface area (Å²) in [4.78, 5) is 22.0. The second-order valence-corrected chi connectivity index (χ2v) is 8.73. The minimum absolute atomic E-state index is 0.293. The minimum Gasteiger partial charge on any atom is -0.493 e. The van der Waals surface area contributed by atoms with Crippen LogP contribution in [-0.2, 0) is 19.1 Å². The average Bonchev–Trinajstić information content (AvgIpc) is 3.00. The van der Waals surface area contributed by atoms with Gasteiger partial charge >= 0.3 is 11.9 Å². The summed E-state index contributed by atoms with van der Waals surface area (Å²) >= 11 is 0. The topological polar surface area (TPSA) is 71.1 Å². The molecule has 3 aromatic rings. The van der Waals surface area contributed by atoms with Gasteiger partial charge in [0.2, 0.25) is 0 Å². The van der Waals surface area contributed by atoms with E-state index in [1.165, 1.54) is 0 Å². The van der Waals surface area contributed by atoms with Gasteiger partial charge in [0.25, 0.3) is 0 Å². The number of hydrogen-bond donors (Lipinski definition) is 0. The lowest BCUT2D eigenvalue weighted by Crippen LogP contribution is -2.06. The predicted octanol–water partition coefficient (Wildman–Crippen LogP) is 5.79. The van der Waals surface area contributed by atoms with Gasteiger partial charge in [-0.2, -0.15) is 0 Å². The maximum absolute atomic E-state index is 11.0. The molecule has 0 aliphatic carbocycles. The van der Waals surface area contributed by atoms with E-state index in [2.05, 4.69) is 36.8 Å². The summed E-state index contributed by atoms with van der Waals surface area (Å²) in [6.07, 6.45) is 3.48. The molecule has 0 amide bonds. The van der Waals surface area contributed by atoms with Crippen molar-refractivity contribution < 1.29 is 28.5 Å². The molecular formula is C35H32O6. The molecule has 0 radical (unpaired) electrons. The van der Waals surface area contributed by atoms with Crippen LogP contribution in [-0.4, -0.2) is 38.4 Å². The number of rotatable bonds is 12. The van der Waals surface area contributed by atoms with Gasteiger partial charge in [-0.15, -0.1) is 0 Å². The Morgan fingerprint density at radius 2 is 1.07 bits per heavy atom. The quantitative estimate of drug-likeness (QED) is 0.124. The highest BCUT2D eigenvalue weighted by Crippen LogP contribution is 2.15. The van der Waals surface area contributed by atoms with Crippen molar-refractivity contribution in [2.45, 2.75) is 19.8 Å². The van der Waals surface area contributed by atoms with Gasteiger partial charge in [-0.25, -0.2) is 9.59 Å². The second-order valence-electron chi connectivity index (χ2n) is 8.73. The summed E-state index contributed by atoms with van der Waals surface area (Å²) in [6.45, 7) is 10.2. The molecular weight excluding hydrogens is 516 g/mol. The van der Waals surface area contributed by atoms with E-state index < -0.39 is 11.9 Å². The van der Waals surface area contributed by atoms with Crippen LogP contribution in [0.5, 0.6) is 11.5 Å². The summed E-state index contributed by atoms with van der Waals surface area (Å²) in [7, 11) is 0. The van der Waals surface area contributed by atoms with Crippen LogP contribution in [0.15, 0.2) is 92.0 Å². The van der Waals surface area contributed by atoms with Gasteiger partial charge in [0.05, 0.1) is 26.4 Å². The molecule has 0 fully saturated rings. The number of aryl methyl sites for hydroxylation is 1. The van der Waals surface area contributed by atoms with Crippen LogP contribution in [0.4, 0.5) is 0 Å². The van der Waals surface area contributed by atoms with Gasteiger partial charge in [0.1, 0.15) is 11.5 Å². The van der Waals surface area contributed by atoms with Gasteiger partial charge in [0, 0.05) is 47.2 Å². The van der Waals surface area contributed by atoms with E-state index in [0.29, 0.717) is 39.3 Å². The third-order valence-electron chi connectivity index (χ3n) is 5.56. The van der Waals surface area contributed by atoms with E-state index in [0.717, 1.165) is 51.5 Å². The fourth-order valence-corrected chi connectivity index (χ4v) is 3.40. The Kier molecular flexibility index (Phi) is 12.4. The Hall–Kier alpha value is -5.20. The monoisotopic (exact) mass is 548 g/mol. The van der Waals surface area contributed by atoms with E-state index in [9.17, 15) is 9.59 Å². The van der Waals surface area contributed by atoms with Gasteiger partial charge in [0.15, 0.2) is 0 Å². The fourth-order valence-electron chi connectivity index (χ4n) is 3.40. The molecule has 0 atom stereocenters. The van der Waals surface area contributed by atoms with Crippen molar-refractivity contribution in [1.82, 2.24) is 0 Å². The highest BCUT2D eigenvalue weighted by atomic mass is 16.5. The number of hydrogen-bond acceptors (Lipinski definition) is 6. The molecule has 6 nitrogen and oxygen atoms in total. The first-order valence-electron chi connectivity index (χ1n) is 13.2. The number of carbonyl (C=O) groups excluding carboxylic acids is 2. The SMILES string of the molecule is C=CC(=O)OCCCOc1ccc(C#Cc2ccc(C#Cc3ccc(OCCCOC(=O)C=C)cc3)c(C)c2)cc1. The van der Waals surface area contributed by atoms with Crippen LogP contribution < -0.4 is 9.47 Å². The Bertz CT molecular complexity index is 1460. The highest BCUT2D eigenvalue weighted by Gasteiger charge is 2.00. The molecule has 0 aliphatic heterocycles. The second kappa shape index (κ2) is 16.7. The lowest BCUT2D eigenvalue weighted by Gasteiger charge is -2.06. The summed E-state index contributed by atoms with van der Waals surface area (Å²) in [6, 6.07) is 21.1. The molecule has 0 saturated carbocycles. The molecule has 0 heterocycles. The Labute approximate surface area is 241 Å². The fraction of sp³-hybridized carbons (Fsp3) is 0.200. The molecule has 0 N–H and O–H groups in total.